The number of esters is 1. The molecule has 0 saturated carbocycles. The summed E-state index contributed by atoms with van der Waals surface area (Å²) in [6, 6.07) is 8.45. The van der Waals surface area contributed by atoms with E-state index < -0.39 is 5.97 Å². The van der Waals surface area contributed by atoms with E-state index in [1.165, 1.54) is 0 Å². The minimum atomic E-state index is -0.438. The molecule has 0 amide bonds. The third-order valence-electron chi connectivity index (χ3n) is 2.76. The Kier molecular flexibility index (Phi) is 5.55. The van der Waals surface area contributed by atoms with Gasteiger partial charge >= 0.3 is 5.97 Å². The zero-order valence-electron chi connectivity index (χ0n) is 10.9. The van der Waals surface area contributed by atoms with Gasteiger partial charge in [-0.1, -0.05) is 56.8 Å². The quantitative estimate of drug-likeness (QED) is 0.469. The van der Waals surface area contributed by atoms with Gasteiger partial charge in [0.25, 0.3) is 0 Å². The van der Waals surface area contributed by atoms with Gasteiger partial charge in [0.05, 0.1) is 11.4 Å². The highest BCUT2D eigenvalue weighted by Crippen LogP contribution is 2.32. The van der Waals surface area contributed by atoms with Crippen LogP contribution in [0.25, 0.3) is 0 Å². The molecule has 0 radical (unpaired) electrons. The smallest absolute Gasteiger partial charge is 0.315 e. The summed E-state index contributed by atoms with van der Waals surface area (Å²) in [5.41, 5.74) is 1.42. The van der Waals surface area contributed by atoms with Crippen LogP contribution in [0.4, 0.5) is 0 Å². The van der Waals surface area contributed by atoms with Crippen LogP contribution in [0.5, 0.6) is 5.75 Å². The van der Waals surface area contributed by atoms with Crippen LogP contribution >= 0.6 is 50.7 Å². The largest absolute Gasteiger partial charge is 0.424 e. The molecule has 2 rings (SSSR count). The molecule has 0 heterocycles. The predicted molar refractivity (Wildman–Crippen MR) is 89.7 cm³/mol. The second kappa shape index (κ2) is 7.01. The van der Waals surface area contributed by atoms with Crippen molar-refractivity contribution in [2.45, 2.75) is 13.3 Å². The lowest BCUT2D eigenvalue weighted by Crippen LogP contribution is -2.12. The minimum absolute atomic E-state index is 0.0435. The van der Waals surface area contributed by atoms with E-state index in [1.54, 1.807) is 24.3 Å². The maximum Gasteiger partial charge on any atom is 0.315 e. The molecule has 0 unspecified atom stereocenters. The van der Waals surface area contributed by atoms with Gasteiger partial charge in [-0.05, 0) is 42.3 Å². The van der Waals surface area contributed by atoms with Crippen molar-refractivity contribution < 1.29 is 9.53 Å². The molecular weight excluding hydrogens is 398 g/mol. The SMILES string of the molecule is Cc1cc(Br)cc(Cl)c1OC(=O)Cc1ccc(Cl)cc1Cl. The number of halogens is 4. The van der Waals surface area contributed by atoms with Gasteiger partial charge < -0.3 is 4.74 Å². The second-order valence-electron chi connectivity index (χ2n) is 4.42. The van der Waals surface area contributed by atoms with Crippen LogP contribution in [0.2, 0.25) is 15.1 Å². The van der Waals surface area contributed by atoms with E-state index >= 15 is 0 Å². The third-order valence-corrected chi connectivity index (χ3v) is 4.09. The number of benzene rings is 2. The van der Waals surface area contributed by atoms with Crippen molar-refractivity contribution >= 4 is 56.7 Å². The highest BCUT2D eigenvalue weighted by molar-refractivity contribution is 9.10. The lowest BCUT2D eigenvalue weighted by atomic mass is 10.1. The Morgan fingerprint density at radius 2 is 1.86 bits per heavy atom. The van der Waals surface area contributed by atoms with Crippen LogP contribution in [0.1, 0.15) is 11.1 Å². The van der Waals surface area contributed by atoms with Crippen molar-refractivity contribution in [3.8, 4) is 5.75 Å². The van der Waals surface area contributed by atoms with E-state index in [2.05, 4.69) is 15.9 Å². The molecule has 110 valence electrons. The molecule has 0 spiro atoms. The fourth-order valence-electron chi connectivity index (χ4n) is 1.79. The molecule has 0 bridgehead atoms. The van der Waals surface area contributed by atoms with Crippen LogP contribution in [0.15, 0.2) is 34.8 Å². The van der Waals surface area contributed by atoms with Crippen LogP contribution in [0.3, 0.4) is 0 Å². The van der Waals surface area contributed by atoms with Crippen LogP contribution < -0.4 is 4.74 Å². The predicted octanol–water partition coefficient (Wildman–Crippen LogP) is 5.87. The van der Waals surface area contributed by atoms with E-state index in [-0.39, 0.29) is 6.42 Å². The number of rotatable bonds is 3. The first-order valence-electron chi connectivity index (χ1n) is 5.97. The Morgan fingerprint density at radius 3 is 2.48 bits per heavy atom. The van der Waals surface area contributed by atoms with E-state index in [9.17, 15) is 4.79 Å². The van der Waals surface area contributed by atoms with Gasteiger partial charge in [-0.3, -0.25) is 4.79 Å². The average molecular weight is 409 g/mol. The number of hydrogen-bond acceptors (Lipinski definition) is 2. The van der Waals surface area contributed by atoms with Gasteiger partial charge in [-0.15, -0.1) is 0 Å². The van der Waals surface area contributed by atoms with E-state index in [1.807, 2.05) is 13.0 Å². The number of ether oxygens (including phenoxy) is 1. The lowest BCUT2D eigenvalue weighted by Gasteiger charge is -2.10. The van der Waals surface area contributed by atoms with Crippen molar-refractivity contribution in [2.75, 3.05) is 0 Å². The van der Waals surface area contributed by atoms with Crippen molar-refractivity contribution in [2.24, 2.45) is 0 Å². The Hall–Kier alpha value is -0.740. The Bertz CT molecular complexity index is 678. The van der Waals surface area contributed by atoms with Crippen LogP contribution in [-0.4, -0.2) is 5.97 Å². The van der Waals surface area contributed by atoms with Crippen molar-refractivity contribution in [3.05, 3.63) is 61.0 Å². The van der Waals surface area contributed by atoms with Gasteiger partial charge in [-0.2, -0.15) is 0 Å². The van der Waals surface area contributed by atoms with Gasteiger partial charge in [0.2, 0.25) is 0 Å². The van der Waals surface area contributed by atoms with Gasteiger partial charge in [-0.25, -0.2) is 0 Å². The zero-order valence-corrected chi connectivity index (χ0v) is 14.8. The Morgan fingerprint density at radius 1 is 1.14 bits per heavy atom. The molecule has 0 N–H and O–H groups in total. The molecule has 0 fully saturated rings. The fraction of sp³-hybridized carbons (Fsp3) is 0.133. The number of carbonyl (C=O) groups excluding carboxylic acids is 1. The first-order valence-corrected chi connectivity index (χ1v) is 7.90. The molecule has 2 aromatic rings. The summed E-state index contributed by atoms with van der Waals surface area (Å²) >= 11 is 21.3. The summed E-state index contributed by atoms with van der Waals surface area (Å²) in [5.74, 6) is -0.0819. The van der Waals surface area contributed by atoms with Crippen molar-refractivity contribution in [3.63, 3.8) is 0 Å². The highest BCUT2D eigenvalue weighted by atomic mass is 79.9. The molecule has 2 aromatic carbocycles. The first-order chi connectivity index (χ1) is 9.86. The normalized spacial score (nSPS) is 10.5. The summed E-state index contributed by atoms with van der Waals surface area (Å²) < 4.78 is 6.16. The lowest BCUT2D eigenvalue weighted by molar-refractivity contribution is -0.133. The molecule has 2 nitrogen and oxygen atoms in total. The number of aryl methyl sites for hydroxylation is 1. The van der Waals surface area contributed by atoms with Crippen LogP contribution in [-0.2, 0) is 11.2 Å². The fourth-order valence-corrected chi connectivity index (χ4v) is 3.27. The molecule has 6 heteroatoms. The van der Waals surface area contributed by atoms with Gasteiger partial charge in [0.1, 0.15) is 0 Å². The second-order valence-corrected chi connectivity index (χ2v) is 6.59. The summed E-state index contributed by atoms with van der Waals surface area (Å²) in [5, 5.41) is 1.32. The highest BCUT2D eigenvalue weighted by Gasteiger charge is 2.14. The summed E-state index contributed by atoms with van der Waals surface area (Å²) in [4.78, 5) is 12.0. The molecular formula is C15H10BrCl3O2. The maximum absolute atomic E-state index is 12.0. The summed E-state index contributed by atoms with van der Waals surface area (Å²) in [7, 11) is 0. The number of hydrogen-bond donors (Lipinski definition) is 0. The monoisotopic (exact) mass is 406 g/mol. The molecule has 0 saturated heterocycles. The molecule has 0 aliphatic rings. The summed E-state index contributed by atoms with van der Waals surface area (Å²) in [6.07, 6.45) is 0.0435. The number of carbonyl (C=O) groups is 1. The van der Waals surface area contributed by atoms with Gasteiger partial charge in [0, 0.05) is 14.5 Å². The molecule has 21 heavy (non-hydrogen) atoms. The topological polar surface area (TPSA) is 26.3 Å². The Labute approximate surface area is 146 Å². The third kappa shape index (κ3) is 4.36. The molecule has 0 aliphatic carbocycles. The Balaban J connectivity index is 2.16. The van der Waals surface area contributed by atoms with E-state index in [0.717, 1.165) is 10.0 Å². The van der Waals surface area contributed by atoms with Gasteiger partial charge in [0.15, 0.2) is 5.75 Å². The standard InChI is InChI=1S/C15H10BrCl3O2/c1-8-4-10(16)6-13(19)15(8)21-14(20)5-9-2-3-11(17)7-12(9)18/h2-4,6-7H,5H2,1H3. The average Bonchev–Trinajstić information content (AvgIpc) is 2.37. The first kappa shape index (κ1) is 16.6. The van der Waals surface area contributed by atoms with Crippen molar-refractivity contribution in [1.29, 1.82) is 0 Å². The van der Waals surface area contributed by atoms with Crippen molar-refractivity contribution in [1.82, 2.24) is 0 Å². The summed E-state index contributed by atoms with van der Waals surface area (Å²) in [6.45, 7) is 1.81. The maximum atomic E-state index is 12.0. The molecule has 0 atom stereocenters. The molecule has 0 aromatic heterocycles. The van der Waals surface area contributed by atoms with E-state index in [4.69, 9.17) is 39.5 Å². The van der Waals surface area contributed by atoms with Crippen LogP contribution in [0, 0.1) is 6.92 Å². The minimum Gasteiger partial charge on any atom is -0.424 e. The zero-order chi connectivity index (χ0) is 15.6. The van der Waals surface area contributed by atoms with E-state index in [0.29, 0.717) is 26.4 Å². The molecule has 0 aliphatic heterocycles.